The van der Waals surface area contributed by atoms with Gasteiger partial charge in [0.2, 0.25) is 0 Å². The van der Waals surface area contributed by atoms with Crippen LogP contribution in [0.1, 0.15) is 31.0 Å². The van der Waals surface area contributed by atoms with Crippen molar-refractivity contribution in [1.82, 2.24) is 19.9 Å². The number of ether oxygens (including phenoxy) is 2. The summed E-state index contributed by atoms with van der Waals surface area (Å²) in [5, 5.41) is -0.143. The molecule has 1 unspecified atom stereocenters. The number of hydrogen-bond donors (Lipinski definition) is 0. The lowest BCUT2D eigenvalue weighted by Crippen LogP contribution is -2.44. The Kier molecular flexibility index (Phi) is 6.94. The summed E-state index contributed by atoms with van der Waals surface area (Å²) < 4.78 is 29.0. The summed E-state index contributed by atoms with van der Waals surface area (Å²) in [6.07, 6.45) is 9.24. The molecular formula is C25H32N6O4S. The standard InChI is InChI=1S/C25H32N6O4S/c1-17-16-35-14-13-31(17)23-15-22(27-24(28-23)20-7-10-26-21-6-4-5-19(20)21)29-36(3,33)18-8-11-30(12-9-18)25(32)34-2/h4-5,7,10,15,17-18H,6,8-9,11-14,16H2,1-3H3/t17-,36?/m1/s1. The van der Waals surface area contributed by atoms with E-state index in [-0.39, 0.29) is 17.4 Å². The van der Waals surface area contributed by atoms with Crippen LogP contribution in [0.25, 0.3) is 17.5 Å². The lowest BCUT2D eigenvalue weighted by molar-refractivity contribution is 0.0985. The van der Waals surface area contributed by atoms with Crippen LogP contribution in [0.2, 0.25) is 0 Å². The second kappa shape index (κ2) is 10.1. The van der Waals surface area contributed by atoms with Gasteiger partial charge in [-0.15, -0.1) is 0 Å². The summed E-state index contributed by atoms with van der Waals surface area (Å²) >= 11 is 0. The maximum absolute atomic E-state index is 13.8. The van der Waals surface area contributed by atoms with Crippen molar-refractivity contribution in [2.24, 2.45) is 4.36 Å². The molecule has 0 aromatic carbocycles. The van der Waals surface area contributed by atoms with E-state index in [1.165, 1.54) is 7.11 Å². The Bertz CT molecular complexity index is 1300. The van der Waals surface area contributed by atoms with E-state index in [0.29, 0.717) is 57.3 Å². The number of aromatic nitrogens is 3. The maximum Gasteiger partial charge on any atom is 0.409 e. The van der Waals surface area contributed by atoms with E-state index in [0.717, 1.165) is 29.1 Å². The number of carbonyl (C=O) groups excluding carboxylic acids is 1. The molecule has 2 aromatic heterocycles. The van der Waals surface area contributed by atoms with Crippen LogP contribution in [0.5, 0.6) is 0 Å². The maximum atomic E-state index is 13.8. The number of carbonyl (C=O) groups is 1. The van der Waals surface area contributed by atoms with Crippen LogP contribution in [-0.4, -0.2) is 87.7 Å². The predicted octanol–water partition coefficient (Wildman–Crippen LogP) is 3.29. The average Bonchev–Trinajstić information content (AvgIpc) is 3.37. The molecule has 2 fully saturated rings. The van der Waals surface area contributed by atoms with E-state index in [9.17, 15) is 9.00 Å². The molecule has 0 saturated carbocycles. The number of fused-ring (bicyclic) bond motifs is 1. The monoisotopic (exact) mass is 512 g/mol. The van der Waals surface area contributed by atoms with Crippen LogP contribution >= 0.6 is 0 Å². The van der Waals surface area contributed by atoms with E-state index in [1.54, 1.807) is 17.4 Å². The van der Waals surface area contributed by atoms with Gasteiger partial charge in [0.15, 0.2) is 11.6 Å². The minimum atomic E-state index is -2.63. The van der Waals surface area contributed by atoms with Crippen molar-refractivity contribution in [2.75, 3.05) is 51.1 Å². The molecule has 1 amide bonds. The molecule has 10 nitrogen and oxygen atoms in total. The van der Waals surface area contributed by atoms with Crippen LogP contribution in [0, 0.1) is 0 Å². The molecule has 0 radical (unpaired) electrons. The van der Waals surface area contributed by atoms with Gasteiger partial charge < -0.3 is 19.3 Å². The first-order valence-corrected chi connectivity index (χ1v) is 14.3. The van der Waals surface area contributed by atoms with Crippen molar-refractivity contribution < 1.29 is 18.5 Å². The van der Waals surface area contributed by atoms with Crippen molar-refractivity contribution in [3.05, 3.63) is 35.7 Å². The molecule has 0 spiro atoms. The van der Waals surface area contributed by atoms with Gasteiger partial charge in [0.1, 0.15) is 5.82 Å². The SMILES string of the molecule is COC(=O)N1CCC(S(C)(=O)=Nc2cc(N3CCOC[C@H]3C)nc(-c3ccnc4c3C=CC4)n2)CC1. The Morgan fingerprint density at radius 3 is 2.81 bits per heavy atom. The molecule has 5 rings (SSSR count). The molecule has 3 aliphatic rings. The average molecular weight is 513 g/mol. The van der Waals surface area contributed by atoms with Crippen LogP contribution in [-0.2, 0) is 25.6 Å². The largest absolute Gasteiger partial charge is 0.453 e. The third kappa shape index (κ3) is 4.94. The number of likely N-dealkylation sites (tertiary alicyclic amines) is 1. The number of piperidine rings is 1. The van der Waals surface area contributed by atoms with Crippen LogP contribution in [0.15, 0.2) is 28.8 Å². The molecule has 11 heteroatoms. The Hall–Kier alpha value is -3.05. The summed E-state index contributed by atoms with van der Waals surface area (Å²) in [6, 6.07) is 3.90. The van der Waals surface area contributed by atoms with Gasteiger partial charge in [-0.05, 0) is 25.8 Å². The Morgan fingerprint density at radius 1 is 1.25 bits per heavy atom. The number of methoxy groups -OCH3 is 1. The molecule has 2 saturated heterocycles. The van der Waals surface area contributed by atoms with Crippen molar-refractivity contribution in [3.63, 3.8) is 0 Å². The zero-order valence-electron chi connectivity index (χ0n) is 20.9. The number of amides is 1. The third-order valence-corrected chi connectivity index (χ3v) is 9.30. The summed E-state index contributed by atoms with van der Waals surface area (Å²) in [5.74, 6) is 1.70. The quantitative estimate of drug-likeness (QED) is 0.614. The first-order chi connectivity index (χ1) is 17.4. The molecule has 0 bridgehead atoms. The third-order valence-electron chi connectivity index (χ3n) is 7.04. The number of morpholine rings is 1. The predicted molar refractivity (Wildman–Crippen MR) is 139 cm³/mol. The molecule has 0 N–H and O–H groups in total. The van der Waals surface area contributed by atoms with Crippen LogP contribution in [0.4, 0.5) is 16.4 Å². The highest BCUT2D eigenvalue weighted by molar-refractivity contribution is 7.93. The number of nitrogens with zero attached hydrogens (tertiary/aromatic N) is 6. The first-order valence-electron chi connectivity index (χ1n) is 12.3. The van der Waals surface area contributed by atoms with Crippen molar-refractivity contribution in [1.29, 1.82) is 0 Å². The molecule has 1 aliphatic carbocycles. The Morgan fingerprint density at radius 2 is 2.06 bits per heavy atom. The van der Waals surface area contributed by atoms with Gasteiger partial charge in [-0.2, -0.15) is 4.36 Å². The minimum Gasteiger partial charge on any atom is -0.453 e. The van der Waals surface area contributed by atoms with Crippen LogP contribution < -0.4 is 4.90 Å². The van der Waals surface area contributed by atoms with Gasteiger partial charge in [-0.25, -0.2) is 19.0 Å². The van der Waals surface area contributed by atoms with Gasteiger partial charge in [0.25, 0.3) is 0 Å². The number of hydrogen-bond acceptors (Lipinski definition) is 9. The molecular weight excluding hydrogens is 480 g/mol. The second-order valence-electron chi connectivity index (χ2n) is 9.46. The zero-order chi connectivity index (χ0) is 25.3. The summed E-state index contributed by atoms with van der Waals surface area (Å²) in [7, 11) is -1.25. The molecule has 192 valence electrons. The lowest BCUT2D eigenvalue weighted by Gasteiger charge is -2.34. The van der Waals surface area contributed by atoms with Crippen molar-refractivity contribution in [3.8, 4) is 11.4 Å². The highest BCUT2D eigenvalue weighted by Gasteiger charge is 2.29. The summed E-state index contributed by atoms with van der Waals surface area (Å²) in [5.41, 5.74) is 2.90. The molecule has 2 aromatic rings. The smallest absolute Gasteiger partial charge is 0.409 e. The van der Waals surface area contributed by atoms with E-state index < -0.39 is 9.73 Å². The first kappa shape index (κ1) is 24.6. The number of allylic oxidation sites excluding steroid dienone is 1. The molecule has 2 atom stereocenters. The van der Waals surface area contributed by atoms with Crippen molar-refractivity contribution in [2.45, 2.75) is 37.5 Å². The number of rotatable bonds is 4. The van der Waals surface area contributed by atoms with Gasteiger partial charge in [-0.3, -0.25) is 4.98 Å². The van der Waals surface area contributed by atoms with Crippen LogP contribution in [0.3, 0.4) is 0 Å². The molecule has 4 heterocycles. The Balaban J connectivity index is 1.53. The number of anilines is 1. The van der Waals surface area contributed by atoms with E-state index in [4.69, 9.17) is 23.8 Å². The van der Waals surface area contributed by atoms with E-state index >= 15 is 0 Å². The second-order valence-corrected chi connectivity index (χ2v) is 12.0. The fraction of sp³-hybridized carbons (Fsp3) is 0.520. The lowest BCUT2D eigenvalue weighted by atomic mass is 10.1. The molecule has 36 heavy (non-hydrogen) atoms. The molecule has 2 aliphatic heterocycles. The summed E-state index contributed by atoms with van der Waals surface area (Å²) in [4.78, 5) is 29.9. The van der Waals surface area contributed by atoms with Gasteiger partial charge in [0, 0.05) is 61.0 Å². The van der Waals surface area contributed by atoms with Gasteiger partial charge >= 0.3 is 6.09 Å². The fourth-order valence-electron chi connectivity index (χ4n) is 5.02. The van der Waals surface area contributed by atoms with E-state index in [1.807, 2.05) is 12.1 Å². The topological polar surface area (TPSA) is 110 Å². The minimum absolute atomic E-state index is 0.143. The van der Waals surface area contributed by atoms with Gasteiger partial charge in [-0.1, -0.05) is 12.2 Å². The normalized spacial score (nSPS) is 21.7. The fourth-order valence-corrected chi connectivity index (χ4v) is 6.72. The van der Waals surface area contributed by atoms with E-state index in [2.05, 4.69) is 29.0 Å². The zero-order valence-corrected chi connectivity index (χ0v) is 21.7. The highest BCUT2D eigenvalue weighted by atomic mass is 32.2. The summed E-state index contributed by atoms with van der Waals surface area (Å²) in [6.45, 7) is 5.04. The Labute approximate surface area is 211 Å². The number of pyridine rings is 1. The highest BCUT2D eigenvalue weighted by Crippen LogP contribution is 2.32. The van der Waals surface area contributed by atoms with Gasteiger partial charge in [0.05, 0.1) is 41.8 Å². The van der Waals surface area contributed by atoms with Crippen molar-refractivity contribution >= 4 is 33.5 Å².